The van der Waals surface area contributed by atoms with E-state index in [1.807, 2.05) is 54.6 Å². The van der Waals surface area contributed by atoms with Gasteiger partial charge in [-0.1, -0.05) is 68.1 Å². The van der Waals surface area contributed by atoms with Crippen molar-refractivity contribution in [1.82, 2.24) is 5.32 Å². The lowest BCUT2D eigenvalue weighted by molar-refractivity contribution is -0.124. The highest BCUT2D eigenvalue weighted by Crippen LogP contribution is 2.35. The largest absolute Gasteiger partial charge is 0.449 e. The normalized spacial score (nSPS) is 18.7. The Kier molecular flexibility index (Phi) is 5.94. The Bertz CT molecular complexity index is 899. The number of hydrogen-bond donors (Lipinski definition) is 1. The van der Waals surface area contributed by atoms with Crippen molar-refractivity contribution in [3.8, 4) is 5.75 Å². The molecule has 150 valence electrons. The van der Waals surface area contributed by atoms with Crippen molar-refractivity contribution in [1.29, 1.82) is 0 Å². The van der Waals surface area contributed by atoms with Crippen LogP contribution in [0.4, 0.5) is 5.69 Å². The summed E-state index contributed by atoms with van der Waals surface area (Å²) in [6, 6.07) is 17.1. The lowest BCUT2D eigenvalue weighted by atomic mass is 10.1. The van der Waals surface area contributed by atoms with Crippen LogP contribution < -0.4 is 15.0 Å². The first-order valence-corrected chi connectivity index (χ1v) is 10.4. The zero-order valence-corrected chi connectivity index (χ0v) is 16.5. The minimum atomic E-state index is -0.302. The minimum Gasteiger partial charge on any atom is -0.449 e. The van der Waals surface area contributed by atoms with Crippen molar-refractivity contribution < 1.29 is 14.3 Å². The first-order valence-electron chi connectivity index (χ1n) is 10.4. The summed E-state index contributed by atoms with van der Waals surface area (Å²) in [5.41, 5.74) is 1.50. The van der Waals surface area contributed by atoms with Gasteiger partial charge in [-0.05, 0) is 36.6 Å². The number of nitrogens with one attached hydrogen (secondary N) is 1. The Morgan fingerprint density at radius 2 is 1.69 bits per heavy atom. The fourth-order valence-electron chi connectivity index (χ4n) is 3.96. The zero-order chi connectivity index (χ0) is 20.1. The summed E-state index contributed by atoms with van der Waals surface area (Å²) < 4.78 is 5.86. The van der Waals surface area contributed by atoms with Crippen molar-refractivity contribution in [2.45, 2.75) is 44.6 Å². The number of carbonyl (C=O) groups excluding carboxylic acids is 2. The van der Waals surface area contributed by atoms with Gasteiger partial charge in [-0.3, -0.25) is 14.5 Å². The van der Waals surface area contributed by atoms with Crippen LogP contribution in [0.25, 0.3) is 6.08 Å². The quantitative estimate of drug-likeness (QED) is 0.626. The molecule has 0 spiro atoms. The third-order valence-electron chi connectivity index (χ3n) is 5.45. The van der Waals surface area contributed by atoms with E-state index in [1.165, 1.54) is 17.7 Å². The zero-order valence-electron chi connectivity index (χ0n) is 16.5. The number of fused-ring (bicyclic) bond motifs is 1. The third kappa shape index (κ3) is 4.67. The van der Waals surface area contributed by atoms with Gasteiger partial charge in [0.15, 0.2) is 11.5 Å². The molecule has 2 aromatic carbocycles. The summed E-state index contributed by atoms with van der Waals surface area (Å²) in [7, 11) is 0. The molecule has 1 heterocycles. The van der Waals surface area contributed by atoms with Crippen LogP contribution in [0.1, 0.15) is 44.1 Å². The van der Waals surface area contributed by atoms with Gasteiger partial charge < -0.3 is 10.1 Å². The van der Waals surface area contributed by atoms with Crippen LogP contribution in [0, 0.1) is 0 Å². The van der Waals surface area contributed by atoms with E-state index in [9.17, 15) is 9.59 Å². The van der Waals surface area contributed by atoms with Gasteiger partial charge in [0.1, 0.15) is 6.54 Å². The molecular weight excluding hydrogens is 364 g/mol. The van der Waals surface area contributed by atoms with E-state index in [-0.39, 0.29) is 30.2 Å². The Morgan fingerprint density at radius 1 is 1.00 bits per heavy atom. The summed E-state index contributed by atoms with van der Waals surface area (Å²) in [6.45, 7) is -0.0121. The molecule has 0 radical (unpaired) electrons. The van der Waals surface area contributed by atoms with Crippen molar-refractivity contribution >= 4 is 23.6 Å². The molecule has 2 amide bonds. The highest BCUT2D eigenvalue weighted by atomic mass is 16.5. The Labute approximate surface area is 171 Å². The van der Waals surface area contributed by atoms with E-state index in [4.69, 9.17) is 4.74 Å². The Balaban J connectivity index is 1.55. The Morgan fingerprint density at radius 3 is 2.45 bits per heavy atom. The van der Waals surface area contributed by atoms with E-state index < -0.39 is 0 Å². The van der Waals surface area contributed by atoms with Crippen LogP contribution in [0.5, 0.6) is 5.75 Å². The lowest BCUT2D eigenvalue weighted by Gasteiger charge is -2.30. The monoisotopic (exact) mass is 390 g/mol. The predicted octanol–water partition coefficient (Wildman–Crippen LogP) is 4.29. The molecule has 4 rings (SSSR count). The van der Waals surface area contributed by atoms with Gasteiger partial charge in [-0.2, -0.15) is 0 Å². The highest BCUT2D eigenvalue weighted by Gasteiger charge is 2.32. The molecule has 0 bridgehead atoms. The number of rotatable bonds is 4. The second kappa shape index (κ2) is 8.95. The average Bonchev–Trinajstić information content (AvgIpc) is 3.00. The van der Waals surface area contributed by atoms with E-state index in [0.29, 0.717) is 11.4 Å². The van der Waals surface area contributed by atoms with Gasteiger partial charge in [0.25, 0.3) is 5.91 Å². The van der Waals surface area contributed by atoms with Crippen LogP contribution in [0.3, 0.4) is 0 Å². The topological polar surface area (TPSA) is 58.6 Å². The van der Waals surface area contributed by atoms with E-state index >= 15 is 0 Å². The molecule has 0 atom stereocenters. The number of benzene rings is 2. The number of hydrogen-bond acceptors (Lipinski definition) is 3. The third-order valence-corrected chi connectivity index (χ3v) is 5.45. The molecular formula is C24H26N2O3. The van der Waals surface area contributed by atoms with E-state index in [0.717, 1.165) is 31.2 Å². The van der Waals surface area contributed by atoms with Crippen molar-refractivity contribution in [3.05, 3.63) is 65.9 Å². The van der Waals surface area contributed by atoms with Crippen LogP contribution in [-0.4, -0.2) is 24.4 Å². The van der Waals surface area contributed by atoms with Gasteiger partial charge in [0, 0.05) is 6.04 Å². The molecule has 1 aliphatic heterocycles. The maximum Gasteiger partial charge on any atom is 0.294 e. The predicted molar refractivity (Wildman–Crippen MR) is 113 cm³/mol. The molecule has 1 aliphatic carbocycles. The maximum atomic E-state index is 13.1. The first-order chi connectivity index (χ1) is 14.2. The van der Waals surface area contributed by atoms with Gasteiger partial charge in [0.05, 0.1) is 5.69 Å². The van der Waals surface area contributed by atoms with Crippen LogP contribution in [0.2, 0.25) is 0 Å². The minimum absolute atomic E-state index is 0.0121. The van der Waals surface area contributed by atoms with E-state index in [1.54, 1.807) is 6.08 Å². The molecule has 1 fully saturated rings. The summed E-state index contributed by atoms with van der Waals surface area (Å²) >= 11 is 0. The smallest absolute Gasteiger partial charge is 0.294 e. The highest BCUT2D eigenvalue weighted by molar-refractivity contribution is 6.12. The number of anilines is 1. The van der Waals surface area contributed by atoms with Crippen LogP contribution in [0.15, 0.2) is 60.4 Å². The number of carbonyl (C=O) groups is 2. The molecule has 1 N–H and O–H groups in total. The second-order valence-electron chi connectivity index (χ2n) is 7.64. The van der Waals surface area contributed by atoms with Crippen molar-refractivity contribution in [2.75, 3.05) is 11.4 Å². The fourth-order valence-corrected chi connectivity index (χ4v) is 3.96. The van der Waals surface area contributed by atoms with Gasteiger partial charge in [-0.25, -0.2) is 0 Å². The second-order valence-corrected chi connectivity index (χ2v) is 7.64. The summed E-state index contributed by atoms with van der Waals surface area (Å²) in [4.78, 5) is 27.4. The molecule has 2 aromatic rings. The molecule has 1 saturated carbocycles. The number of ether oxygens (including phenoxy) is 1. The van der Waals surface area contributed by atoms with Gasteiger partial charge >= 0.3 is 0 Å². The molecule has 5 nitrogen and oxygen atoms in total. The van der Waals surface area contributed by atoms with Crippen LogP contribution in [-0.2, 0) is 9.59 Å². The molecule has 0 saturated heterocycles. The molecule has 0 aromatic heterocycles. The Hall–Kier alpha value is -3.08. The van der Waals surface area contributed by atoms with Crippen molar-refractivity contribution in [3.63, 3.8) is 0 Å². The van der Waals surface area contributed by atoms with Gasteiger partial charge in [0.2, 0.25) is 5.91 Å². The maximum absolute atomic E-state index is 13.1. The van der Waals surface area contributed by atoms with Crippen LogP contribution >= 0.6 is 0 Å². The van der Waals surface area contributed by atoms with Gasteiger partial charge in [-0.15, -0.1) is 0 Å². The summed E-state index contributed by atoms with van der Waals surface area (Å²) in [5, 5.41) is 3.13. The van der Waals surface area contributed by atoms with E-state index in [2.05, 4.69) is 5.32 Å². The molecule has 5 heteroatoms. The number of nitrogens with zero attached hydrogens (tertiary/aromatic N) is 1. The number of amides is 2. The van der Waals surface area contributed by atoms with Crippen molar-refractivity contribution in [2.24, 2.45) is 0 Å². The lowest BCUT2D eigenvalue weighted by Crippen LogP contribution is -2.46. The molecule has 0 unspecified atom stereocenters. The average molecular weight is 390 g/mol. The summed E-state index contributed by atoms with van der Waals surface area (Å²) in [5.74, 6) is 0.373. The fraction of sp³-hybridized carbons (Fsp3) is 0.333. The molecule has 2 aliphatic rings. The SMILES string of the molecule is O=C(CN1C(=O)C(=Cc2ccccc2)Oc2ccccc21)NC1CCCCCC1. The standard InChI is InChI=1S/C24H26N2O3/c27-23(25-19-12-6-1-2-7-13-19)17-26-20-14-8-9-15-21(20)29-22(24(26)28)16-18-10-4-3-5-11-18/h3-5,8-11,14-16,19H,1-2,6-7,12-13,17H2,(H,25,27). The first kappa shape index (κ1) is 19.2. The summed E-state index contributed by atoms with van der Waals surface area (Å²) in [6.07, 6.45) is 8.50. The number of para-hydroxylation sites is 2. The molecule has 29 heavy (non-hydrogen) atoms.